The minimum Gasteiger partial charge on any atom is -0.352 e. The van der Waals surface area contributed by atoms with Crippen LogP contribution in [0.2, 0.25) is 0 Å². The minimum atomic E-state index is -0.366. The van der Waals surface area contributed by atoms with Crippen LogP contribution in [0.25, 0.3) is 16.6 Å². The van der Waals surface area contributed by atoms with E-state index in [-0.39, 0.29) is 35.8 Å². The van der Waals surface area contributed by atoms with Crippen molar-refractivity contribution in [3.05, 3.63) is 52.3 Å². The predicted molar refractivity (Wildman–Crippen MR) is 110 cm³/mol. The molecule has 0 spiro atoms. The number of benzene rings is 1. The SMILES string of the molecule is O=C(Cn1nc(C2CC2)c2cnn(-c3ccc(F)cc3)c2c1=O)NC1CCCCC1. The quantitative estimate of drug-likeness (QED) is 0.702. The first-order valence-corrected chi connectivity index (χ1v) is 10.6. The fraction of sp³-hybridized carbons (Fsp3) is 0.455. The molecule has 2 fully saturated rings. The van der Waals surface area contributed by atoms with E-state index in [2.05, 4.69) is 15.5 Å². The van der Waals surface area contributed by atoms with Crippen molar-refractivity contribution in [3.63, 3.8) is 0 Å². The summed E-state index contributed by atoms with van der Waals surface area (Å²) in [6, 6.07) is 6.01. The van der Waals surface area contributed by atoms with Crippen LogP contribution in [0, 0.1) is 5.82 Å². The second kappa shape index (κ2) is 7.66. The number of carbonyl (C=O) groups excluding carboxylic acids is 1. The van der Waals surface area contributed by atoms with Crippen molar-refractivity contribution in [1.82, 2.24) is 24.9 Å². The van der Waals surface area contributed by atoms with Crippen molar-refractivity contribution in [2.75, 3.05) is 0 Å². The Labute approximate surface area is 172 Å². The van der Waals surface area contributed by atoms with E-state index in [4.69, 9.17) is 0 Å². The van der Waals surface area contributed by atoms with Crippen molar-refractivity contribution in [3.8, 4) is 5.69 Å². The van der Waals surface area contributed by atoms with Gasteiger partial charge in [-0.1, -0.05) is 19.3 Å². The number of carbonyl (C=O) groups is 1. The molecule has 0 unspecified atom stereocenters. The van der Waals surface area contributed by atoms with Gasteiger partial charge in [-0.3, -0.25) is 9.59 Å². The zero-order valence-electron chi connectivity index (χ0n) is 16.7. The monoisotopic (exact) mass is 409 g/mol. The largest absolute Gasteiger partial charge is 0.352 e. The van der Waals surface area contributed by atoms with E-state index in [1.807, 2.05) is 0 Å². The van der Waals surface area contributed by atoms with Crippen molar-refractivity contribution < 1.29 is 9.18 Å². The van der Waals surface area contributed by atoms with E-state index in [0.29, 0.717) is 16.6 Å². The van der Waals surface area contributed by atoms with Crippen LogP contribution < -0.4 is 10.9 Å². The van der Waals surface area contributed by atoms with E-state index < -0.39 is 0 Å². The maximum absolute atomic E-state index is 13.3. The summed E-state index contributed by atoms with van der Waals surface area (Å²) < 4.78 is 16.1. The lowest BCUT2D eigenvalue weighted by Gasteiger charge is -2.22. The molecule has 1 amide bonds. The molecule has 1 aromatic carbocycles. The molecule has 0 aliphatic heterocycles. The lowest BCUT2D eigenvalue weighted by Crippen LogP contribution is -2.40. The molecular formula is C22H24FN5O2. The van der Waals surface area contributed by atoms with Gasteiger partial charge in [-0.15, -0.1) is 0 Å². The van der Waals surface area contributed by atoms with Crippen molar-refractivity contribution >= 4 is 16.8 Å². The molecule has 2 aliphatic rings. The Hall–Kier alpha value is -3.03. The molecule has 2 aliphatic carbocycles. The Morgan fingerprint density at radius 1 is 1.10 bits per heavy atom. The number of rotatable bonds is 5. The van der Waals surface area contributed by atoms with Crippen LogP contribution in [-0.4, -0.2) is 31.5 Å². The first-order valence-electron chi connectivity index (χ1n) is 10.6. The van der Waals surface area contributed by atoms with Gasteiger partial charge in [0.25, 0.3) is 5.56 Å². The molecule has 2 aromatic heterocycles. The minimum absolute atomic E-state index is 0.112. The van der Waals surface area contributed by atoms with Crippen LogP contribution in [0.1, 0.15) is 56.6 Å². The summed E-state index contributed by atoms with van der Waals surface area (Å²) in [6.07, 6.45) is 9.09. The smallest absolute Gasteiger partial charge is 0.293 e. The van der Waals surface area contributed by atoms with Gasteiger partial charge in [0.15, 0.2) is 0 Å². The van der Waals surface area contributed by atoms with Crippen LogP contribution in [0.5, 0.6) is 0 Å². The number of aromatic nitrogens is 4. The van der Waals surface area contributed by atoms with Gasteiger partial charge in [0, 0.05) is 17.3 Å². The van der Waals surface area contributed by atoms with Crippen LogP contribution in [0.3, 0.4) is 0 Å². The van der Waals surface area contributed by atoms with Gasteiger partial charge in [0.2, 0.25) is 5.91 Å². The Balaban J connectivity index is 1.52. The van der Waals surface area contributed by atoms with Gasteiger partial charge in [-0.2, -0.15) is 10.2 Å². The fourth-order valence-electron chi connectivity index (χ4n) is 4.29. The molecule has 0 radical (unpaired) electrons. The molecule has 2 heterocycles. The second-order valence-corrected chi connectivity index (χ2v) is 8.32. The molecule has 0 bridgehead atoms. The summed E-state index contributed by atoms with van der Waals surface area (Å²) in [5.41, 5.74) is 1.41. The molecule has 2 saturated carbocycles. The number of hydrogen-bond donors (Lipinski definition) is 1. The normalized spacial score (nSPS) is 17.4. The highest BCUT2D eigenvalue weighted by atomic mass is 19.1. The first-order chi connectivity index (χ1) is 14.6. The lowest BCUT2D eigenvalue weighted by atomic mass is 9.95. The molecule has 156 valence electrons. The average Bonchev–Trinajstić information content (AvgIpc) is 3.49. The molecule has 1 N–H and O–H groups in total. The summed E-state index contributed by atoms with van der Waals surface area (Å²) in [6.45, 7) is -0.112. The highest BCUT2D eigenvalue weighted by molar-refractivity contribution is 5.83. The third-order valence-corrected chi connectivity index (χ3v) is 6.01. The van der Waals surface area contributed by atoms with Crippen molar-refractivity contribution in [2.24, 2.45) is 0 Å². The van der Waals surface area contributed by atoms with E-state index in [1.54, 1.807) is 18.3 Å². The number of nitrogens with zero attached hydrogens (tertiary/aromatic N) is 4. The summed E-state index contributed by atoms with van der Waals surface area (Å²) in [5.74, 6) is -0.260. The first kappa shape index (κ1) is 19.0. The van der Waals surface area contributed by atoms with Crippen LogP contribution in [-0.2, 0) is 11.3 Å². The molecule has 30 heavy (non-hydrogen) atoms. The van der Waals surface area contributed by atoms with Crippen LogP contribution in [0.15, 0.2) is 35.3 Å². The number of fused-ring (bicyclic) bond motifs is 1. The summed E-state index contributed by atoms with van der Waals surface area (Å²) >= 11 is 0. The van der Waals surface area contributed by atoms with Crippen LogP contribution in [0.4, 0.5) is 4.39 Å². The standard InChI is InChI=1S/C22H24FN5O2/c23-15-8-10-17(11-9-15)28-21-18(12-24-28)20(14-6-7-14)26-27(22(21)30)13-19(29)25-16-4-2-1-3-5-16/h8-12,14,16H,1-7,13H2,(H,25,29). The fourth-order valence-corrected chi connectivity index (χ4v) is 4.29. The summed E-state index contributed by atoms with van der Waals surface area (Å²) in [7, 11) is 0. The van der Waals surface area contributed by atoms with Gasteiger partial charge in [0.05, 0.1) is 17.6 Å². The Morgan fingerprint density at radius 2 is 1.83 bits per heavy atom. The van der Waals surface area contributed by atoms with E-state index in [1.165, 1.54) is 27.9 Å². The maximum Gasteiger partial charge on any atom is 0.293 e. The summed E-state index contributed by atoms with van der Waals surface area (Å²) in [4.78, 5) is 25.9. The molecule has 5 rings (SSSR count). The highest BCUT2D eigenvalue weighted by Crippen LogP contribution is 2.41. The van der Waals surface area contributed by atoms with E-state index >= 15 is 0 Å². The third-order valence-electron chi connectivity index (χ3n) is 6.01. The maximum atomic E-state index is 13.3. The number of hydrogen-bond acceptors (Lipinski definition) is 4. The topological polar surface area (TPSA) is 81.8 Å². The van der Waals surface area contributed by atoms with Gasteiger partial charge < -0.3 is 5.32 Å². The van der Waals surface area contributed by atoms with Gasteiger partial charge in [-0.05, 0) is 49.9 Å². The van der Waals surface area contributed by atoms with E-state index in [0.717, 1.165) is 44.2 Å². The number of nitrogens with one attached hydrogen (secondary N) is 1. The number of amides is 1. The van der Waals surface area contributed by atoms with Crippen LogP contribution >= 0.6 is 0 Å². The Morgan fingerprint density at radius 3 is 2.53 bits per heavy atom. The zero-order chi connectivity index (χ0) is 20.7. The van der Waals surface area contributed by atoms with Gasteiger partial charge in [-0.25, -0.2) is 13.8 Å². The molecule has 0 saturated heterocycles. The van der Waals surface area contributed by atoms with Crippen molar-refractivity contribution in [2.45, 2.75) is 63.5 Å². The Bertz CT molecular complexity index is 1140. The van der Waals surface area contributed by atoms with Crippen molar-refractivity contribution in [1.29, 1.82) is 0 Å². The van der Waals surface area contributed by atoms with Gasteiger partial charge >= 0.3 is 0 Å². The lowest BCUT2D eigenvalue weighted by molar-refractivity contribution is -0.122. The zero-order valence-corrected chi connectivity index (χ0v) is 16.7. The molecule has 8 heteroatoms. The predicted octanol–water partition coefficient (Wildman–Crippen LogP) is 3.05. The second-order valence-electron chi connectivity index (χ2n) is 8.32. The van der Waals surface area contributed by atoms with Gasteiger partial charge in [0.1, 0.15) is 17.9 Å². The van der Waals surface area contributed by atoms with E-state index in [9.17, 15) is 14.0 Å². The third kappa shape index (κ3) is 3.62. The molecule has 3 aromatic rings. The average molecular weight is 409 g/mol. The summed E-state index contributed by atoms with van der Waals surface area (Å²) in [5, 5.41) is 12.7. The molecule has 7 nitrogen and oxygen atoms in total. The number of halogens is 1. The molecular weight excluding hydrogens is 385 g/mol. The Kier molecular flexibility index (Phi) is 4.84. The molecule has 0 atom stereocenters. The highest BCUT2D eigenvalue weighted by Gasteiger charge is 2.30.